The molecule has 3 aromatic carbocycles. The minimum atomic E-state index is -0.868. The second-order valence-corrected chi connectivity index (χ2v) is 8.98. The van der Waals surface area contributed by atoms with Crippen molar-refractivity contribution in [2.24, 2.45) is 0 Å². The van der Waals surface area contributed by atoms with E-state index in [1.54, 1.807) is 79.9 Å². The standard InChI is InChI=1S/C30H31NO6/c1-5-16-36-25-11-7-9-21(18-25)28(32)26-27(20-8-6-10-24(17-20)35-4)31(30(34)29(26)33)22-12-14-23(15-13-22)37-19(2)3/h6-15,17-19,27,32H,5,16H2,1-4H3/b28-26-. The van der Waals surface area contributed by atoms with E-state index >= 15 is 0 Å². The third-order valence-electron chi connectivity index (χ3n) is 5.92. The Bertz CT molecular complexity index is 1310. The van der Waals surface area contributed by atoms with Gasteiger partial charge >= 0.3 is 0 Å². The minimum Gasteiger partial charge on any atom is -0.507 e. The van der Waals surface area contributed by atoms with Crippen molar-refractivity contribution in [3.8, 4) is 17.2 Å². The summed E-state index contributed by atoms with van der Waals surface area (Å²) >= 11 is 0. The lowest BCUT2D eigenvalue weighted by Gasteiger charge is -2.26. The van der Waals surface area contributed by atoms with Gasteiger partial charge in [0.05, 0.1) is 31.4 Å². The van der Waals surface area contributed by atoms with E-state index in [0.29, 0.717) is 40.7 Å². The van der Waals surface area contributed by atoms with Crippen LogP contribution in [-0.2, 0) is 9.59 Å². The third kappa shape index (κ3) is 5.45. The van der Waals surface area contributed by atoms with Crippen LogP contribution in [0, 0.1) is 0 Å². The molecule has 7 nitrogen and oxygen atoms in total. The van der Waals surface area contributed by atoms with Gasteiger partial charge in [-0.25, -0.2) is 0 Å². The molecule has 0 radical (unpaired) electrons. The van der Waals surface area contributed by atoms with Crippen LogP contribution in [0.4, 0.5) is 5.69 Å². The van der Waals surface area contributed by atoms with Crippen LogP contribution in [0.3, 0.4) is 0 Å². The molecular formula is C30H31NO6. The molecule has 0 bridgehead atoms. The van der Waals surface area contributed by atoms with Crippen LogP contribution in [0.25, 0.3) is 5.76 Å². The maximum atomic E-state index is 13.4. The molecule has 3 aromatic rings. The SMILES string of the molecule is CCCOc1cccc(/C(O)=C2/C(=O)C(=O)N(c3ccc(OC(C)C)cc3)C2c2cccc(OC)c2)c1. The summed E-state index contributed by atoms with van der Waals surface area (Å²) in [6, 6.07) is 20.1. The average Bonchev–Trinajstić information content (AvgIpc) is 3.17. The molecule has 192 valence electrons. The first-order chi connectivity index (χ1) is 17.8. The third-order valence-corrected chi connectivity index (χ3v) is 5.92. The molecule has 1 saturated heterocycles. The smallest absolute Gasteiger partial charge is 0.300 e. The summed E-state index contributed by atoms with van der Waals surface area (Å²) in [4.78, 5) is 28.2. The molecule has 37 heavy (non-hydrogen) atoms. The predicted molar refractivity (Wildman–Crippen MR) is 142 cm³/mol. The van der Waals surface area contributed by atoms with Crippen LogP contribution >= 0.6 is 0 Å². The second-order valence-electron chi connectivity index (χ2n) is 8.98. The zero-order valence-electron chi connectivity index (χ0n) is 21.4. The number of aliphatic hydroxyl groups is 1. The fourth-order valence-corrected chi connectivity index (χ4v) is 4.29. The molecule has 1 heterocycles. The molecule has 1 atom stereocenters. The first-order valence-corrected chi connectivity index (χ1v) is 12.3. The van der Waals surface area contributed by atoms with E-state index in [1.165, 1.54) is 4.90 Å². The maximum absolute atomic E-state index is 13.4. The van der Waals surface area contributed by atoms with Gasteiger partial charge in [0.1, 0.15) is 23.0 Å². The van der Waals surface area contributed by atoms with Crippen molar-refractivity contribution < 1.29 is 28.9 Å². The Morgan fingerprint density at radius 2 is 1.65 bits per heavy atom. The maximum Gasteiger partial charge on any atom is 0.300 e. The van der Waals surface area contributed by atoms with Crippen LogP contribution in [0.2, 0.25) is 0 Å². The normalized spacial score (nSPS) is 16.8. The van der Waals surface area contributed by atoms with E-state index in [2.05, 4.69) is 0 Å². The van der Waals surface area contributed by atoms with Gasteiger partial charge in [-0.1, -0.05) is 31.2 Å². The number of carbonyl (C=O) groups is 2. The van der Waals surface area contributed by atoms with Crippen molar-refractivity contribution in [3.63, 3.8) is 0 Å². The number of anilines is 1. The van der Waals surface area contributed by atoms with E-state index in [4.69, 9.17) is 14.2 Å². The first-order valence-electron chi connectivity index (χ1n) is 12.3. The number of methoxy groups -OCH3 is 1. The second kappa shape index (κ2) is 11.2. The summed E-state index contributed by atoms with van der Waals surface area (Å²) in [7, 11) is 1.55. The van der Waals surface area contributed by atoms with Crippen molar-refractivity contribution in [1.82, 2.24) is 0 Å². The molecule has 7 heteroatoms. The van der Waals surface area contributed by atoms with Crippen LogP contribution in [0.5, 0.6) is 17.2 Å². The molecule has 0 aromatic heterocycles. The van der Waals surface area contributed by atoms with Crippen molar-refractivity contribution >= 4 is 23.1 Å². The van der Waals surface area contributed by atoms with Gasteiger partial charge in [0, 0.05) is 11.3 Å². The summed E-state index contributed by atoms with van der Waals surface area (Å²) in [6.07, 6.45) is 0.826. The lowest BCUT2D eigenvalue weighted by Crippen LogP contribution is -2.29. The average molecular weight is 502 g/mol. The summed E-state index contributed by atoms with van der Waals surface area (Å²) in [5, 5.41) is 11.4. The summed E-state index contributed by atoms with van der Waals surface area (Å²) < 4.78 is 16.8. The van der Waals surface area contributed by atoms with Crippen molar-refractivity contribution in [3.05, 3.63) is 89.5 Å². The summed E-state index contributed by atoms with van der Waals surface area (Å²) in [5.74, 6) is 0.0167. The van der Waals surface area contributed by atoms with Gasteiger partial charge in [0.15, 0.2) is 0 Å². The van der Waals surface area contributed by atoms with Gasteiger partial charge in [-0.2, -0.15) is 0 Å². The fourth-order valence-electron chi connectivity index (χ4n) is 4.29. The number of rotatable bonds is 9. The Labute approximate surface area is 216 Å². The minimum absolute atomic E-state index is 0.00562. The number of aliphatic hydroxyl groups excluding tert-OH is 1. The highest BCUT2D eigenvalue weighted by atomic mass is 16.5. The molecular weight excluding hydrogens is 470 g/mol. The highest BCUT2D eigenvalue weighted by molar-refractivity contribution is 6.51. The number of hydrogen-bond acceptors (Lipinski definition) is 6. The van der Waals surface area contributed by atoms with E-state index in [1.807, 2.05) is 20.8 Å². The number of amides is 1. The van der Waals surface area contributed by atoms with Gasteiger partial charge in [0.25, 0.3) is 11.7 Å². The van der Waals surface area contributed by atoms with Crippen LogP contribution in [0.1, 0.15) is 44.4 Å². The van der Waals surface area contributed by atoms with Gasteiger partial charge in [-0.3, -0.25) is 14.5 Å². The number of carbonyl (C=O) groups excluding carboxylic acids is 2. The van der Waals surface area contributed by atoms with Crippen molar-refractivity contribution in [1.29, 1.82) is 0 Å². The lowest BCUT2D eigenvalue weighted by molar-refractivity contribution is -0.132. The number of ether oxygens (including phenoxy) is 3. The molecule has 1 amide bonds. The zero-order valence-corrected chi connectivity index (χ0v) is 21.4. The quantitative estimate of drug-likeness (QED) is 0.223. The lowest BCUT2D eigenvalue weighted by atomic mass is 9.95. The van der Waals surface area contributed by atoms with E-state index in [0.717, 1.165) is 6.42 Å². The fraction of sp³-hybridized carbons (Fsp3) is 0.267. The highest BCUT2D eigenvalue weighted by Gasteiger charge is 2.47. The van der Waals surface area contributed by atoms with Crippen LogP contribution in [-0.4, -0.2) is 36.6 Å². The molecule has 1 aliphatic heterocycles. The Hall–Kier alpha value is -4.26. The number of nitrogens with zero attached hydrogens (tertiary/aromatic N) is 1. The molecule has 1 unspecified atom stereocenters. The van der Waals surface area contributed by atoms with Gasteiger partial charge in [-0.15, -0.1) is 0 Å². The Morgan fingerprint density at radius 1 is 0.946 bits per heavy atom. The van der Waals surface area contributed by atoms with E-state index in [9.17, 15) is 14.7 Å². The first kappa shape index (κ1) is 25.8. The molecule has 4 rings (SSSR count). The topological polar surface area (TPSA) is 85.3 Å². The largest absolute Gasteiger partial charge is 0.507 e. The Kier molecular flexibility index (Phi) is 7.82. The number of ketones is 1. The van der Waals surface area contributed by atoms with Crippen LogP contribution in [0.15, 0.2) is 78.4 Å². The van der Waals surface area contributed by atoms with Gasteiger partial charge in [-0.05, 0) is 74.4 Å². The molecule has 0 aliphatic carbocycles. The van der Waals surface area contributed by atoms with Gasteiger partial charge < -0.3 is 19.3 Å². The molecule has 1 fully saturated rings. The molecule has 1 aliphatic rings. The molecule has 0 saturated carbocycles. The van der Waals surface area contributed by atoms with Crippen molar-refractivity contribution in [2.45, 2.75) is 39.3 Å². The number of benzene rings is 3. The van der Waals surface area contributed by atoms with Crippen LogP contribution < -0.4 is 19.1 Å². The van der Waals surface area contributed by atoms with Crippen molar-refractivity contribution in [2.75, 3.05) is 18.6 Å². The van der Waals surface area contributed by atoms with E-state index in [-0.39, 0.29) is 17.4 Å². The predicted octanol–water partition coefficient (Wildman–Crippen LogP) is 5.90. The highest BCUT2D eigenvalue weighted by Crippen LogP contribution is 2.43. The monoisotopic (exact) mass is 501 g/mol. The number of hydrogen-bond donors (Lipinski definition) is 1. The number of Topliss-reactive ketones (excluding diaryl/α,β-unsaturated/α-hetero) is 1. The summed E-state index contributed by atoms with van der Waals surface area (Å²) in [6.45, 7) is 6.38. The summed E-state index contributed by atoms with van der Waals surface area (Å²) in [5.41, 5.74) is 1.51. The Morgan fingerprint density at radius 3 is 2.32 bits per heavy atom. The Balaban J connectivity index is 1.85. The zero-order chi connectivity index (χ0) is 26.5. The molecule has 1 N–H and O–H groups in total. The van der Waals surface area contributed by atoms with Gasteiger partial charge in [0.2, 0.25) is 0 Å². The molecule has 0 spiro atoms. The van der Waals surface area contributed by atoms with E-state index < -0.39 is 17.7 Å².